The second-order valence-electron chi connectivity index (χ2n) is 6.72. The van der Waals surface area contributed by atoms with Gasteiger partial charge in [-0.25, -0.2) is 14.8 Å². The Morgan fingerprint density at radius 1 is 1.41 bits per heavy atom. The lowest BCUT2D eigenvalue weighted by Crippen LogP contribution is -2.19. The lowest BCUT2D eigenvalue weighted by molar-refractivity contribution is -0.113. The van der Waals surface area contributed by atoms with E-state index in [1.807, 2.05) is 24.5 Å². The second-order valence-corrected chi connectivity index (χ2v) is 7.66. The number of nitrogens with one attached hydrogen (secondary N) is 1. The van der Waals surface area contributed by atoms with Gasteiger partial charge in [-0.2, -0.15) is 5.26 Å². The van der Waals surface area contributed by atoms with E-state index in [9.17, 15) is 14.9 Å². The van der Waals surface area contributed by atoms with Gasteiger partial charge in [0.2, 0.25) is 5.91 Å². The first-order valence-electron chi connectivity index (χ1n) is 9.70. The van der Waals surface area contributed by atoms with Gasteiger partial charge in [0.05, 0.1) is 30.7 Å². The van der Waals surface area contributed by atoms with Crippen LogP contribution in [0.25, 0.3) is 0 Å². The lowest BCUT2D eigenvalue weighted by Gasteiger charge is -2.12. The summed E-state index contributed by atoms with van der Waals surface area (Å²) >= 11 is 1.05. The van der Waals surface area contributed by atoms with E-state index in [0.717, 1.165) is 23.0 Å². The van der Waals surface area contributed by atoms with Crippen molar-refractivity contribution in [3.8, 4) is 6.07 Å². The van der Waals surface area contributed by atoms with Crippen LogP contribution in [-0.2, 0) is 16.1 Å². The first-order valence-corrected chi connectivity index (χ1v) is 10.7. The molecule has 0 aliphatic carbocycles. The van der Waals surface area contributed by atoms with Crippen LogP contribution in [0.4, 0.5) is 11.6 Å². The molecule has 0 spiro atoms. The molecule has 3 aromatic heterocycles. The maximum atomic E-state index is 12.6. The number of thioether (sulfide) groups is 1. The Balaban J connectivity index is 1.73. The number of amides is 1. The number of carbonyl (C=O) groups is 2. The number of nitrogens with two attached hydrogens (primary N) is 1. The minimum atomic E-state index is -0.605. The molecule has 3 rings (SSSR count). The molecule has 10 nitrogen and oxygen atoms in total. The summed E-state index contributed by atoms with van der Waals surface area (Å²) in [7, 11) is 0. The molecule has 0 fully saturated rings. The number of hydrogen-bond acceptors (Lipinski definition) is 9. The van der Waals surface area contributed by atoms with E-state index in [-0.39, 0.29) is 34.8 Å². The molecule has 3 aromatic rings. The van der Waals surface area contributed by atoms with E-state index in [0.29, 0.717) is 23.7 Å². The SMILES string of the molecule is CCOC(=O)c1cnc(SCC(=O)Nc2c(C#N)c(C)c(C)n2Cc2ccco2)nc1N. The van der Waals surface area contributed by atoms with Crippen LogP contribution in [0.1, 0.15) is 39.9 Å². The van der Waals surface area contributed by atoms with Gasteiger partial charge >= 0.3 is 5.97 Å². The predicted octanol–water partition coefficient (Wildman–Crippen LogP) is 2.90. The summed E-state index contributed by atoms with van der Waals surface area (Å²) in [5.41, 5.74) is 7.91. The Bertz CT molecular complexity index is 1180. The number of aromatic nitrogens is 3. The molecule has 1 amide bonds. The van der Waals surface area contributed by atoms with Crippen molar-refractivity contribution in [1.82, 2.24) is 14.5 Å². The van der Waals surface area contributed by atoms with Gasteiger partial charge in [-0.1, -0.05) is 11.8 Å². The molecule has 166 valence electrons. The molecule has 0 bridgehead atoms. The van der Waals surface area contributed by atoms with Crippen molar-refractivity contribution >= 4 is 35.3 Å². The van der Waals surface area contributed by atoms with Gasteiger partial charge in [0.25, 0.3) is 0 Å². The van der Waals surface area contributed by atoms with Crippen molar-refractivity contribution in [2.75, 3.05) is 23.4 Å². The molecule has 0 aromatic carbocycles. The molecule has 0 aliphatic rings. The lowest BCUT2D eigenvalue weighted by atomic mass is 10.2. The Labute approximate surface area is 188 Å². The van der Waals surface area contributed by atoms with Crippen LogP contribution < -0.4 is 11.1 Å². The normalized spacial score (nSPS) is 10.6. The number of esters is 1. The fourth-order valence-electron chi connectivity index (χ4n) is 3.00. The van der Waals surface area contributed by atoms with Crippen molar-refractivity contribution in [2.45, 2.75) is 32.5 Å². The average Bonchev–Trinajstić information content (AvgIpc) is 3.35. The van der Waals surface area contributed by atoms with Crippen LogP contribution in [0.5, 0.6) is 0 Å². The molecule has 3 N–H and O–H groups in total. The highest BCUT2D eigenvalue weighted by Crippen LogP contribution is 2.28. The molecule has 0 atom stereocenters. The van der Waals surface area contributed by atoms with E-state index >= 15 is 0 Å². The highest BCUT2D eigenvalue weighted by molar-refractivity contribution is 7.99. The molecular weight excluding hydrogens is 432 g/mol. The molecule has 0 radical (unpaired) electrons. The molecule has 32 heavy (non-hydrogen) atoms. The Morgan fingerprint density at radius 2 is 2.19 bits per heavy atom. The van der Waals surface area contributed by atoms with Crippen molar-refractivity contribution < 1.29 is 18.7 Å². The van der Waals surface area contributed by atoms with E-state index in [2.05, 4.69) is 21.4 Å². The van der Waals surface area contributed by atoms with Crippen LogP contribution >= 0.6 is 11.8 Å². The maximum absolute atomic E-state index is 12.6. The summed E-state index contributed by atoms with van der Waals surface area (Å²) in [6.45, 7) is 5.98. The zero-order valence-corrected chi connectivity index (χ0v) is 18.7. The zero-order valence-electron chi connectivity index (χ0n) is 17.8. The van der Waals surface area contributed by atoms with Crippen molar-refractivity contribution in [3.63, 3.8) is 0 Å². The largest absolute Gasteiger partial charge is 0.467 e. The minimum Gasteiger partial charge on any atom is -0.467 e. The predicted molar refractivity (Wildman–Crippen MR) is 118 cm³/mol. The van der Waals surface area contributed by atoms with E-state index in [1.165, 1.54) is 6.20 Å². The molecule has 0 saturated heterocycles. The van der Waals surface area contributed by atoms with Gasteiger partial charge < -0.3 is 24.8 Å². The van der Waals surface area contributed by atoms with Crippen LogP contribution in [0, 0.1) is 25.2 Å². The third-order valence-electron chi connectivity index (χ3n) is 4.72. The summed E-state index contributed by atoms with van der Waals surface area (Å²) in [5.74, 6) is 0.109. The number of rotatable bonds is 8. The number of furan rings is 1. The molecular formula is C21H22N6O4S. The van der Waals surface area contributed by atoms with Crippen LogP contribution in [-0.4, -0.2) is 38.8 Å². The number of carbonyl (C=O) groups excluding carboxylic acids is 2. The van der Waals surface area contributed by atoms with Gasteiger partial charge in [0.1, 0.15) is 29.0 Å². The van der Waals surface area contributed by atoms with Crippen LogP contribution in [0.2, 0.25) is 0 Å². The van der Waals surface area contributed by atoms with E-state index in [1.54, 1.807) is 19.3 Å². The summed E-state index contributed by atoms with van der Waals surface area (Å²) < 4.78 is 12.1. The number of hydrogen-bond donors (Lipinski definition) is 2. The first-order chi connectivity index (χ1) is 15.3. The number of ether oxygens (including phenoxy) is 1. The fraction of sp³-hybridized carbons (Fsp3) is 0.286. The first kappa shape index (κ1) is 22.9. The Kier molecular flexibility index (Phi) is 7.17. The topological polar surface area (TPSA) is 149 Å². The Morgan fingerprint density at radius 3 is 2.81 bits per heavy atom. The molecule has 11 heteroatoms. The maximum Gasteiger partial charge on any atom is 0.343 e. The third kappa shape index (κ3) is 4.92. The average molecular weight is 455 g/mol. The van der Waals surface area contributed by atoms with Crippen LogP contribution in [0.15, 0.2) is 34.2 Å². The molecule has 3 heterocycles. The van der Waals surface area contributed by atoms with Gasteiger partial charge in [0.15, 0.2) is 5.16 Å². The zero-order chi connectivity index (χ0) is 23.3. The van der Waals surface area contributed by atoms with Gasteiger partial charge in [0, 0.05) is 11.9 Å². The van der Waals surface area contributed by atoms with Crippen molar-refractivity contribution in [1.29, 1.82) is 5.26 Å². The van der Waals surface area contributed by atoms with Crippen molar-refractivity contribution in [2.24, 2.45) is 0 Å². The quantitative estimate of drug-likeness (QED) is 0.297. The standard InChI is InChI=1S/C21H22N6O4S/c1-4-30-20(29)16-9-24-21(26-18(16)23)32-11-17(28)25-19-15(8-22)12(2)13(3)27(19)10-14-6-5-7-31-14/h5-7,9H,4,10-11H2,1-3H3,(H,25,28)(H2,23,24,26). The van der Waals surface area contributed by atoms with Crippen LogP contribution in [0.3, 0.4) is 0 Å². The number of nitrogens with zero attached hydrogens (tertiary/aromatic N) is 4. The second kappa shape index (κ2) is 10.0. The monoisotopic (exact) mass is 454 g/mol. The number of nitriles is 1. The van der Waals surface area contributed by atoms with Gasteiger partial charge in [-0.05, 0) is 38.5 Å². The summed E-state index contributed by atoms with van der Waals surface area (Å²) in [6, 6.07) is 5.76. The Hall–Kier alpha value is -3.78. The highest BCUT2D eigenvalue weighted by Gasteiger charge is 2.21. The molecule has 0 unspecified atom stereocenters. The molecule has 0 saturated carbocycles. The number of nitrogen functional groups attached to an aromatic ring is 1. The van der Waals surface area contributed by atoms with E-state index in [4.69, 9.17) is 14.9 Å². The van der Waals surface area contributed by atoms with E-state index < -0.39 is 5.97 Å². The van der Waals surface area contributed by atoms with Gasteiger partial charge in [-0.3, -0.25) is 4.79 Å². The highest BCUT2D eigenvalue weighted by atomic mass is 32.2. The third-order valence-corrected chi connectivity index (χ3v) is 5.58. The smallest absolute Gasteiger partial charge is 0.343 e. The number of anilines is 2. The summed E-state index contributed by atoms with van der Waals surface area (Å²) in [5, 5.41) is 12.7. The van der Waals surface area contributed by atoms with Crippen molar-refractivity contribution in [3.05, 3.63) is 52.7 Å². The minimum absolute atomic E-state index is 0.0207. The summed E-state index contributed by atoms with van der Waals surface area (Å²) in [4.78, 5) is 32.5. The summed E-state index contributed by atoms with van der Waals surface area (Å²) in [6.07, 6.45) is 2.84. The van der Waals surface area contributed by atoms with Gasteiger partial charge in [-0.15, -0.1) is 0 Å². The fourth-order valence-corrected chi connectivity index (χ4v) is 3.62. The molecule has 0 aliphatic heterocycles.